The molecule has 0 saturated carbocycles. The molecule has 0 atom stereocenters. The minimum Gasteiger partial charge on any atom is -0.366 e. The molecular weight excluding hydrogens is 152 g/mol. The quantitative estimate of drug-likeness (QED) is 0.734. The molecule has 0 saturated heterocycles. The zero-order valence-corrected chi connectivity index (χ0v) is 7.70. The highest BCUT2D eigenvalue weighted by Crippen LogP contribution is 2.08. The van der Waals surface area contributed by atoms with Gasteiger partial charge in [-0.3, -0.25) is 0 Å². The number of hydrogen-bond donors (Lipinski definition) is 1. The summed E-state index contributed by atoms with van der Waals surface area (Å²) in [7, 11) is 0. The van der Waals surface area contributed by atoms with Gasteiger partial charge in [-0.05, 0) is 20.3 Å². The third-order valence-electron chi connectivity index (χ3n) is 1.45. The van der Waals surface area contributed by atoms with Crippen molar-refractivity contribution in [2.24, 2.45) is 0 Å². The molecule has 1 aromatic heterocycles. The molecule has 0 fully saturated rings. The topological polar surface area (TPSA) is 50.7 Å². The Labute approximate surface area is 72.4 Å². The van der Waals surface area contributed by atoms with E-state index >= 15 is 0 Å². The van der Waals surface area contributed by atoms with E-state index < -0.39 is 0 Å². The second-order valence-electron chi connectivity index (χ2n) is 2.91. The maximum atomic E-state index is 4.10. The lowest BCUT2D eigenvalue weighted by Crippen LogP contribution is -2.14. The number of nitrogens with zero attached hydrogens (tertiary/aromatic N) is 3. The van der Waals surface area contributed by atoms with Crippen molar-refractivity contribution in [2.45, 2.75) is 33.2 Å². The van der Waals surface area contributed by atoms with Crippen LogP contribution in [0.25, 0.3) is 0 Å². The van der Waals surface area contributed by atoms with Crippen LogP contribution < -0.4 is 5.32 Å². The molecule has 4 nitrogen and oxygen atoms in total. The fourth-order valence-corrected chi connectivity index (χ4v) is 0.933. The smallest absolute Gasteiger partial charge is 0.151 e. The number of aromatic nitrogens is 3. The molecular formula is C8H14N4. The predicted octanol–water partition coefficient (Wildman–Crippen LogP) is 1.25. The van der Waals surface area contributed by atoms with Gasteiger partial charge in [0.15, 0.2) is 5.82 Å². The van der Waals surface area contributed by atoms with E-state index in [4.69, 9.17) is 0 Å². The first kappa shape index (κ1) is 8.90. The van der Waals surface area contributed by atoms with Gasteiger partial charge in [0.25, 0.3) is 0 Å². The van der Waals surface area contributed by atoms with Crippen LogP contribution in [0.2, 0.25) is 0 Å². The Morgan fingerprint density at radius 2 is 2.25 bits per heavy atom. The van der Waals surface area contributed by atoms with Gasteiger partial charge in [0.1, 0.15) is 12.0 Å². The fourth-order valence-electron chi connectivity index (χ4n) is 0.933. The molecule has 1 heterocycles. The molecule has 66 valence electrons. The molecule has 12 heavy (non-hydrogen) atoms. The summed E-state index contributed by atoms with van der Waals surface area (Å²) in [6, 6.07) is 0.381. The largest absolute Gasteiger partial charge is 0.366 e. The van der Waals surface area contributed by atoms with Gasteiger partial charge in [-0.2, -0.15) is 5.10 Å². The zero-order valence-electron chi connectivity index (χ0n) is 7.70. The Balaban J connectivity index is 2.82. The monoisotopic (exact) mass is 166 g/mol. The first-order chi connectivity index (χ1) is 5.74. The number of rotatable bonds is 3. The van der Waals surface area contributed by atoms with E-state index in [1.54, 1.807) is 0 Å². The SMILES string of the molecule is CCc1nncnc1NC(C)C. The standard InChI is InChI=1S/C8H14N4/c1-4-7-8(11-6(2)3)9-5-10-12-7/h5-6H,4H2,1-3H3,(H,9,10,11). The Hall–Kier alpha value is -1.19. The van der Waals surface area contributed by atoms with Gasteiger partial charge < -0.3 is 5.32 Å². The van der Waals surface area contributed by atoms with Crippen molar-refractivity contribution in [1.82, 2.24) is 15.2 Å². The van der Waals surface area contributed by atoms with E-state index in [9.17, 15) is 0 Å². The van der Waals surface area contributed by atoms with Crippen LogP contribution in [0.15, 0.2) is 6.33 Å². The van der Waals surface area contributed by atoms with Crippen LogP contribution in [0.3, 0.4) is 0 Å². The second-order valence-corrected chi connectivity index (χ2v) is 2.91. The molecule has 0 amide bonds. The molecule has 1 aromatic rings. The van der Waals surface area contributed by atoms with Crippen molar-refractivity contribution in [1.29, 1.82) is 0 Å². The Kier molecular flexibility index (Phi) is 2.96. The Morgan fingerprint density at radius 3 is 2.83 bits per heavy atom. The molecule has 4 heteroatoms. The summed E-state index contributed by atoms with van der Waals surface area (Å²) in [6.45, 7) is 6.18. The lowest BCUT2D eigenvalue weighted by Gasteiger charge is -2.10. The molecule has 0 unspecified atom stereocenters. The average Bonchev–Trinajstić information content (AvgIpc) is 2.04. The van der Waals surface area contributed by atoms with Crippen LogP contribution in [-0.4, -0.2) is 21.2 Å². The summed E-state index contributed by atoms with van der Waals surface area (Å²) in [6.07, 6.45) is 2.32. The van der Waals surface area contributed by atoms with Crippen molar-refractivity contribution in [3.05, 3.63) is 12.0 Å². The van der Waals surface area contributed by atoms with Gasteiger partial charge in [-0.1, -0.05) is 6.92 Å². The highest BCUT2D eigenvalue weighted by atomic mass is 15.2. The molecule has 1 rings (SSSR count). The minimum atomic E-state index is 0.381. The molecule has 0 aliphatic carbocycles. The predicted molar refractivity (Wildman–Crippen MR) is 48.0 cm³/mol. The van der Waals surface area contributed by atoms with Gasteiger partial charge >= 0.3 is 0 Å². The summed E-state index contributed by atoms with van der Waals surface area (Å²) < 4.78 is 0. The summed E-state index contributed by atoms with van der Waals surface area (Å²) >= 11 is 0. The molecule has 0 bridgehead atoms. The van der Waals surface area contributed by atoms with Gasteiger partial charge in [-0.15, -0.1) is 5.10 Å². The van der Waals surface area contributed by atoms with E-state index in [1.165, 1.54) is 6.33 Å². The van der Waals surface area contributed by atoms with Crippen LogP contribution in [0, 0.1) is 0 Å². The van der Waals surface area contributed by atoms with Crippen LogP contribution in [0.5, 0.6) is 0 Å². The number of aryl methyl sites for hydroxylation is 1. The lowest BCUT2D eigenvalue weighted by atomic mass is 10.3. The van der Waals surface area contributed by atoms with Crippen LogP contribution >= 0.6 is 0 Å². The Morgan fingerprint density at radius 1 is 1.50 bits per heavy atom. The van der Waals surface area contributed by atoms with Crippen molar-refractivity contribution < 1.29 is 0 Å². The molecule has 0 aliphatic heterocycles. The maximum absolute atomic E-state index is 4.10. The highest BCUT2D eigenvalue weighted by molar-refractivity contribution is 5.38. The highest BCUT2D eigenvalue weighted by Gasteiger charge is 2.03. The summed E-state index contributed by atoms with van der Waals surface area (Å²) in [4.78, 5) is 4.10. The molecule has 0 aromatic carbocycles. The third kappa shape index (κ3) is 2.15. The van der Waals surface area contributed by atoms with Crippen LogP contribution in [0.1, 0.15) is 26.5 Å². The summed E-state index contributed by atoms with van der Waals surface area (Å²) in [5.74, 6) is 0.850. The van der Waals surface area contributed by atoms with E-state index in [0.717, 1.165) is 17.9 Å². The average molecular weight is 166 g/mol. The van der Waals surface area contributed by atoms with Gasteiger partial charge in [0, 0.05) is 6.04 Å². The van der Waals surface area contributed by atoms with Crippen LogP contribution in [0.4, 0.5) is 5.82 Å². The maximum Gasteiger partial charge on any atom is 0.151 e. The van der Waals surface area contributed by atoms with E-state index in [0.29, 0.717) is 6.04 Å². The third-order valence-corrected chi connectivity index (χ3v) is 1.45. The minimum absolute atomic E-state index is 0.381. The lowest BCUT2D eigenvalue weighted by molar-refractivity contribution is 0.835. The number of nitrogens with one attached hydrogen (secondary N) is 1. The van der Waals surface area contributed by atoms with E-state index in [1.807, 2.05) is 6.92 Å². The van der Waals surface area contributed by atoms with E-state index in [2.05, 4.69) is 34.3 Å². The van der Waals surface area contributed by atoms with Crippen molar-refractivity contribution in [3.8, 4) is 0 Å². The van der Waals surface area contributed by atoms with Gasteiger partial charge in [-0.25, -0.2) is 4.98 Å². The molecule has 0 radical (unpaired) electrons. The van der Waals surface area contributed by atoms with Crippen molar-refractivity contribution in [3.63, 3.8) is 0 Å². The number of anilines is 1. The first-order valence-electron chi connectivity index (χ1n) is 4.17. The van der Waals surface area contributed by atoms with Crippen molar-refractivity contribution >= 4 is 5.82 Å². The molecule has 1 N–H and O–H groups in total. The van der Waals surface area contributed by atoms with Gasteiger partial charge in [0.2, 0.25) is 0 Å². The molecule has 0 aliphatic rings. The molecule has 0 spiro atoms. The van der Waals surface area contributed by atoms with Crippen LogP contribution in [-0.2, 0) is 6.42 Å². The first-order valence-corrected chi connectivity index (χ1v) is 4.17. The van der Waals surface area contributed by atoms with Crippen molar-refractivity contribution in [2.75, 3.05) is 5.32 Å². The fraction of sp³-hybridized carbons (Fsp3) is 0.625. The second kappa shape index (κ2) is 3.99. The normalized spacial score (nSPS) is 10.3. The van der Waals surface area contributed by atoms with Gasteiger partial charge in [0.05, 0.1) is 0 Å². The Bertz CT molecular complexity index is 247. The zero-order chi connectivity index (χ0) is 8.97. The summed E-state index contributed by atoms with van der Waals surface area (Å²) in [5, 5.41) is 10.9. The summed E-state index contributed by atoms with van der Waals surface area (Å²) in [5.41, 5.74) is 0.922. The van der Waals surface area contributed by atoms with E-state index in [-0.39, 0.29) is 0 Å². The number of hydrogen-bond acceptors (Lipinski definition) is 4.